The number of carbonyl (C=O) groups excluding carboxylic acids is 3. The Morgan fingerprint density at radius 3 is 1.83 bits per heavy atom. The standard InChI is InChI=1S/C43H34N2O7/c1-26-33-24-45(23-22-31(33)27(2)37-36(26)32-20-12-13-21-34(32)44-37)40-39(52-43(48)30-18-10-5-11-19-30)38(51-42(47)29-16-8-4-9-17-29)35(50-40)25-49-41(46)28-14-6-3-7-15-28/h3-24,35,38-40H,25H2,1-2H3/p+1/t35-,38-,39-,40-/m1/s1. The number of pyridine rings is 1. The van der Waals surface area contributed by atoms with Gasteiger partial charge in [0.05, 0.1) is 22.2 Å². The number of esters is 3. The Balaban J connectivity index is 1.22. The number of aromatic amines is 1. The molecule has 258 valence electrons. The molecule has 1 aliphatic heterocycles. The fourth-order valence-corrected chi connectivity index (χ4v) is 7.08. The van der Waals surface area contributed by atoms with Crippen molar-refractivity contribution >= 4 is 50.5 Å². The quantitative estimate of drug-likeness (QED) is 0.0995. The van der Waals surface area contributed by atoms with E-state index in [1.807, 2.05) is 35.2 Å². The summed E-state index contributed by atoms with van der Waals surface area (Å²) < 4.78 is 26.5. The van der Waals surface area contributed by atoms with Crippen molar-refractivity contribution in [1.82, 2.24) is 4.98 Å². The third-order valence-corrected chi connectivity index (χ3v) is 9.72. The van der Waals surface area contributed by atoms with Gasteiger partial charge in [0, 0.05) is 27.7 Å². The molecule has 1 aliphatic rings. The van der Waals surface area contributed by atoms with Gasteiger partial charge < -0.3 is 23.9 Å². The Morgan fingerprint density at radius 1 is 0.635 bits per heavy atom. The lowest BCUT2D eigenvalue weighted by Crippen LogP contribution is -2.48. The maximum Gasteiger partial charge on any atom is 0.338 e. The SMILES string of the molecule is Cc1c2cc[n+]([C@@H]3O[C@H](COC(=O)c4ccccc4)[C@@H](OC(=O)c4ccccc4)[C@H]3OC(=O)c3ccccc3)cc2c(C)c2c1[nH]c1ccccc12. The van der Waals surface area contributed by atoms with Crippen LogP contribution >= 0.6 is 0 Å². The van der Waals surface area contributed by atoms with Crippen LogP contribution in [0.1, 0.15) is 48.4 Å². The van der Waals surface area contributed by atoms with E-state index in [2.05, 4.69) is 31.0 Å². The first kappa shape index (κ1) is 32.9. The largest absolute Gasteiger partial charge is 0.459 e. The zero-order valence-electron chi connectivity index (χ0n) is 28.5. The van der Waals surface area contributed by atoms with Gasteiger partial charge in [-0.3, -0.25) is 0 Å². The number of aryl methyl sites for hydroxylation is 2. The molecule has 1 fully saturated rings. The van der Waals surface area contributed by atoms with Crippen LogP contribution < -0.4 is 4.57 Å². The van der Waals surface area contributed by atoms with E-state index in [9.17, 15) is 14.4 Å². The molecule has 9 nitrogen and oxygen atoms in total. The highest BCUT2D eigenvalue weighted by Crippen LogP contribution is 2.37. The summed E-state index contributed by atoms with van der Waals surface area (Å²) in [7, 11) is 0. The number of aromatic nitrogens is 2. The number of rotatable bonds is 8. The lowest BCUT2D eigenvalue weighted by Gasteiger charge is -2.23. The van der Waals surface area contributed by atoms with E-state index < -0.39 is 42.4 Å². The minimum atomic E-state index is -1.14. The Labute approximate surface area is 299 Å². The molecule has 0 radical (unpaired) electrons. The molecule has 4 atom stereocenters. The lowest BCUT2D eigenvalue weighted by molar-refractivity contribution is -0.764. The van der Waals surface area contributed by atoms with Crippen LogP contribution in [0.5, 0.6) is 0 Å². The van der Waals surface area contributed by atoms with Crippen LogP contribution in [0.3, 0.4) is 0 Å². The summed E-state index contributed by atoms with van der Waals surface area (Å²) in [6.45, 7) is 3.92. The van der Waals surface area contributed by atoms with E-state index in [1.165, 1.54) is 0 Å². The van der Waals surface area contributed by atoms with Crippen molar-refractivity contribution in [1.29, 1.82) is 0 Å². The molecule has 9 heteroatoms. The van der Waals surface area contributed by atoms with Gasteiger partial charge >= 0.3 is 24.1 Å². The van der Waals surface area contributed by atoms with Crippen LogP contribution in [0, 0.1) is 13.8 Å². The predicted molar refractivity (Wildman–Crippen MR) is 195 cm³/mol. The van der Waals surface area contributed by atoms with Crippen LogP contribution in [0.4, 0.5) is 0 Å². The maximum absolute atomic E-state index is 13.7. The summed E-state index contributed by atoms with van der Waals surface area (Å²) in [6, 6.07) is 36.0. The van der Waals surface area contributed by atoms with Crippen LogP contribution in [0.2, 0.25) is 0 Å². The molecule has 1 saturated heterocycles. The summed E-state index contributed by atoms with van der Waals surface area (Å²) in [5.74, 6) is -1.81. The van der Waals surface area contributed by atoms with Crippen molar-refractivity contribution in [3.8, 4) is 0 Å². The summed E-state index contributed by atoms with van der Waals surface area (Å²) in [4.78, 5) is 43.9. The Kier molecular flexibility index (Phi) is 8.70. The Hall–Kier alpha value is -6.32. The van der Waals surface area contributed by atoms with Crippen molar-refractivity contribution in [2.75, 3.05) is 6.61 Å². The number of hydrogen-bond acceptors (Lipinski definition) is 7. The first-order chi connectivity index (χ1) is 25.4. The number of carbonyl (C=O) groups is 3. The van der Waals surface area contributed by atoms with E-state index in [1.54, 1.807) is 91.0 Å². The van der Waals surface area contributed by atoms with Gasteiger partial charge in [-0.1, -0.05) is 72.8 Å². The number of para-hydroxylation sites is 1. The normalized spacial score (nSPS) is 18.4. The minimum Gasteiger partial charge on any atom is -0.459 e. The molecular formula is C43H35N2O7+. The van der Waals surface area contributed by atoms with Gasteiger partial charge in [0.15, 0.2) is 18.5 Å². The smallest absolute Gasteiger partial charge is 0.338 e. The summed E-state index contributed by atoms with van der Waals surface area (Å²) in [5, 5.41) is 4.27. The number of nitrogens with one attached hydrogen (secondary N) is 1. The first-order valence-electron chi connectivity index (χ1n) is 17.1. The van der Waals surface area contributed by atoms with Gasteiger partial charge in [-0.05, 0) is 72.8 Å². The molecule has 0 spiro atoms. The van der Waals surface area contributed by atoms with Gasteiger partial charge in [-0.15, -0.1) is 0 Å². The summed E-state index contributed by atoms with van der Waals surface area (Å²) >= 11 is 0. The van der Waals surface area contributed by atoms with Crippen LogP contribution in [-0.4, -0.2) is 47.8 Å². The molecule has 0 amide bonds. The van der Waals surface area contributed by atoms with E-state index >= 15 is 0 Å². The second-order valence-corrected chi connectivity index (χ2v) is 12.9. The molecule has 2 aromatic heterocycles. The fraction of sp³-hybridized carbons (Fsp3) is 0.163. The van der Waals surface area contributed by atoms with Crippen molar-refractivity contribution < 1.29 is 37.9 Å². The monoisotopic (exact) mass is 691 g/mol. The molecule has 1 N–H and O–H groups in total. The summed E-state index contributed by atoms with van der Waals surface area (Å²) in [6.07, 6.45) is -0.365. The van der Waals surface area contributed by atoms with E-state index in [-0.39, 0.29) is 6.61 Å². The minimum absolute atomic E-state index is 0.265. The zero-order valence-corrected chi connectivity index (χ0v) is 28.5. The molecule has 0 saturated carbocycles. The van der Waals surface area contributed by atoms with Gasteiger partial charge in [-0.2, -0.15) is 4.57 Å². The van der Waals surface area contributed by atoms with Gasteiger partial charge in [0.25, 0.3) is 0 Å². The molecule has 7 aromatic rings. The average Bonchev–Trinajstić information content (AvgIpc) is 3.75. The first-order valence-corrected chi connectivity index (χ1v) is 17.1. The molecule has 52 heavy (non-hydrogen) atoms. The summed E-state index contributed by atoms with van der Waals surface area (Å²) in [5.41, 5.74) is 5.28. The van der Waals surface area contributed by atoms with E-state index in [0.717, 1.165) is 43.7 Å². The molecule has 8 rings (SSSR count). The van der Waals surface area contributed by atoms with E-state index in [0.29, 0.717) is 16.7 Å². The molecule has 0 bridgehead atoms. The second-order valence-electron chi connectivity index (χ2n) is 12.9. The van der Waals surface area contributed by atoms with Crippen LogP contribution in [0.25, 0.3) is 32.6 Å². The number of fused-ring (bicyclic) bond motifs is 4. The number of ether oxygens (including phenoxy) is 4. The van der Waals surface area contributed by atoms with Crippen molar-refractivity contribution in [3.63, 3.8) is 0 Å². The maximum atomic E-state index is 13.7. The lowest BCUT2D eigenvalue weighted by atomic mass is 9.97. The molecule has 0 aliphatic carbocycles. The number of nitrogens with zero attached hydrogens (tertiary/aromatic N) is 1. The second kappa shape index (κ2) is 13.8. The van der Waals surface area contributed by atoms with E-state index in [4.69, 9.17) is 18.9 Å². The Morgan fingerprint density at radius 2 is 1.19 bits per heavy atom. The predicted octanol–water partition coefficient (Wildman–Crippen LogP) is 7.58. The number of H-pyrrole nitrogens is 1. The third kappa shape index (κ3) is 6.05. The zero-order chi connectivity index (χ0) is 35.8. The van der Waals surface area contributed by atoms with Gasteiger partial charge in [0.2, 0.25) is 6.10 Å². The average molecular weight is 692 g/mol. The van der Waals surface area contributed by atoms with Gasteiger partial charge in [-0.25, -0.2) is 14.4 Å². The molecule has 0 unspecified atom stereocenters. The van der Waals surface area contributed by atoms with Crippen LogP contribution in [-0.2, 0) is 18.9 Å². The fourth-order valence-electron chi connectivity index (χ4n) is 7.08. The highest BCUT2D eigenvalue weighted by Gasteiger charge is 2.55. The van der Waals surface area contributed by atoms with Crippen molar-refractivity contribution in [3.05, 3.63) is 162 Å². The van der Waals surface area contributed by atoms with Crippen molar-refractivity contribution in [2.45, 2.75) is 38.4 Å². The molecule has 5 aromatic carbocycles. The highest BCUT2D eigenvalue weighted by atomic mass is 16.7. The number of benzene rings is 5. The Bertz CT molecular complexity index is 2440. The molecule has 3 heterocycles. The number of hydrogen-bond donors (Lipinski definition) is 1. The topological polar surface area (TPSA) is 108 Å². The molecular weight excluding hydrogens is 656 g/mol. The van der Waals surface area contributed by atoms with Crippen molar-refractivity contribution in [2.24, 2.45) is 0 Å². The van der Waals surface area contributed by atoms with Crippen LogP contribution in [0.15, 0.2) is 134 Å². The third-order valence-electron chi connectivity index (χ3n) is 9.72. The highest BCUT2D eigenvalue weighted by molar-refractivity contribution is 6.16. The van der Waals surface area contributed by atoms with Gasteiger partial charge in [0.1, 0.15) is 12.7 Å².